The van der Waals surface area contributed by atoms with E-state index in [9.17, 15) is 9.59 Å². The molecule has 1 fully saturated rings. The van der Waals surface area contributed by atoms with Crippen LogP contribution in [-0.4, -0.2) is 29.8 Å². The van der Waals surface area contributed by atoms with Crippen molar-refractivity contribution in [2.24, 2.45) is 5.92 Å². The van der Waals surface area contributed by atoms with E-state index in [0.717, 1.165) is 74.8 Å². The number of hydrogen-bond donors (Lipinski definition) is 0. The summed E-state index contributed by atoms with van der Waals surface area (Å²) in [5.74, 6) is 0.550. The smallest absolute Gasteiger partial charge is 0.254 e. The molecule has 1 saturated carbocycles. The molecule has 0 radical (unpaired) electrons. The monoisotopic (exact) mass is 488 g/mol. The van der Waals surface area contributed by atoms with Crippen molar-refractivity contribution in [1.82, 2.24) is 4.90 Å². The second-order valence-electron chi connectivity index (χ2n) is 10.7. The number of benzene rings is 2. The highest BCUT2D eigenvalue weighted by molar-refractivity contribution is 5.97. The van der Waals surface area contributed by atoms with Crippen LogP contribution >= 0.6 is 0 Å². The fourth-order valence-corrected chi connectivity index (χ4v) is 5.30. The van der Waals surface area contributed by atoms with Crippen molar-refractivity contribution in [3.05, 3.63) is 65.2 Å². The zero-order valence-electron chi connectivity index (χ0n) is 22.2. The molecular weight excluding hydrogens is 444 g/mol. The van der Waals surface area contributed by atoms with Gasteiger partial charge in [0.2, 0.25) is 5.91 Å². The lowest BCUT2D eigenvalue weighted by Gasteiger charge is -2.28. The van der Waals surface area contributed by atoms with Crippen molar-refractivity contribution < 1.29 is 9.59 Å². The van der Waals surface area contributed by atoms with Gasteiger partial charge in [0.15, 0.2) is 0 Å². The molecule has 0 aromatic heterocycles. The first-order valence-electron chi connectivity index (χ1n) is 14.4. The summed E-state index contributed by atoms with van der Waals surface area (Å²) in [6.07, 6.45) is 14.9. The number of fused-ring (bicyclic) bond motifs is 1. The van der Waals surface area contributed by atoms with Gasteiger partial charge in [-0.05, 0) is 67.9 Å². The number of carbonyl (C=O) groups excluding carboxylic acids is 2. The number of anilines is 1. The minimum atomic E-state index is 0.0947. The van der Waals surface area contributed by atoms with Crippen LogP contribution in [0.2, 0.25) is 0 Å². The van der Waals surface area contributed by atoms with E-state index >= 15 is 0 Å². The van der Waals surface area contributed by atoms with Crippen LogP contribution in [0.25, 0.3) is 0 Å². The molecule has 0 bridgehead atoms. The molecule has 2 aliphatic rings. The highest BCUT2D eigenvalue weighted by atomic mass is 16.2. The molecule has 4 nitrogen and oxygen atoms in total. The van der Waals surface area contributed by atoms with Crippen molar-refractivity contribution >= 4 is 17.5 Å². The Morgan fingerprint density at radius 2 is 1.50 bits per heavy atom. The third-order valence-corrected chi connectivity index (χ3v) is 7.70. The molecule has 0 saturated heterocycles. The highest BCUT2D eigenvalue weighted by Gasteiger charge is 2.34. The maximum atomic E-state index is 13.7. The third kappa shape index (κ3) is 7.44. The van der Waals surface area contributed by atoms with Crippen LogP contribution < -0.4 is 4.90 Å². The first-order chi connectivity index (χ1) is 17.7. The van der Waals surface area contributed by atoms with Gasteiger partial charge in [-0.15, -0.1) is 0 Å². The lowest BCUT2D eigenvalue weighted by Crippen LogP contribution is -2.36. The molecule has 0 unspecified atom stereocenters. The lowest BCUT2D eigenvalue weighted by molar-refractivity contribution is -0.119. The van der Waals surface area contributed by atoms with Gasteiger partial charge >= 0.3 is 0 Å². The minimum Gasteiger partial charge on any atom is -0.334 e. The van der Waals surface area contributed by atoms with Crippen LogP contribution in [0.15, 0.2) is 48.5 Å². The van der Waals surface area contributed by atoms with Gasteiger partial charge in [-0.3, -0.25) is 9.59 Å². The van der Waals surface area contributed by atoms with Crippen LogP contribution in [0.1, 0.15) is 105 Å². The number of amides is 2. The van der Waals surface area contributed by atoms with Crippen molar-refractivity contribution in [3.63, 3.8) is 0 Å². The minimum absolute atomic E-state index is 0.0947. The van der Waals surface area contributed by atoms with Crippen LogP contribution in [0.5, 0.6) is 0 Å². The Labute approximate surface area is 218 Å². The Hall–Kier alpha value is -2.62. The summed E-state index contributed by atoms with van der Waals surface area (Å²) in [7, 11) is 0. The normalized spacial score (nSPS) is 17.5. The predicted molar refractivity (Wildman–Crippen MR) is 148 cm³/mol. The molecule has 4 heteroatoms. The molecule has 4 rings (SSSR count). The molecule has 1 heterocycles. The molecule has 36 heavy (non-hydrogen) atoms. The van der Waals surface area contributed by atoms with Crippen LogP contribution in [0, 0.1) is 5.92 Å². The second-order valence-corrected chi connectivity index (χ2v) is 10.7. The van der Waals surface area contributed by atoms with E-state index in [-0.39, 0.29) is 17.7 Å². The molecule has 0 N–H and O–H groups in total. The number of unbranched alkanes of at least 4 members (excludes halogenated alkanes) is 3. The SMILES string of the molecule is CCCCCCc1ccc(C(=O)N2CCCCCCCCN(C(=O)C3CC3)c3ccccc3C2)cc1. The van der Waals surface area contributed by atoms with Crippen LogP contribution in [-0.2, 0) is 17.8 Å². The zero-order chi connectivity index (χ0) is 25.2. The van der Waals surface area contributed by atoms with Crippen molar-refractivity contribution in [2.75, 3.05) is 18.0 Å². The first kappa shape index (κ1) is 26.4. The maximum absolute atomic E-state index is 13.7. The standard InChI is InChI=1S/C32H44N2O2/c1-2-3-4-9-14-26-17-19-27(20-18-26)31(35)33-23-12-7-5-6-8-13-24-34(32(36)28-21-22-28)30-16-11-10-15-29(30)25-33/h10-11,15-20,28H,2-9,12-14,21-25H2,1H3. The number of carbonyl (C=O) groups is 2. The lowest BCUT2D eigenvalue weighted by atomic mass is 10.0. The maximum Gasteiger partial charge on any atom is 0.254 e. The number of nitrogens with zero attached hydrogens (tertiary/aromatic N) is 2. The molecule has 2 amide bonds. The quantitative estimate of drug-likeness (QED) is 0.378. The number of para-hydroxylation sites is 1. The molecule has 0 atom stereocenters. The van der Waals surface area contributed by atoms with E-state index in [1.807, 2.05) is 34.1 Å². The molecule has 1 aliphatic carbocycles. The largest absolute Gasteiger partial charge is 0.334 e. The molecule has 0 spiro atoms. The van der Waals surface area contributed by atoms with Gasteiger partial charge in [0, 0.05) is 36.8 Å². The average molecular weight is 489 g/mol. The number of rotatable bonds is 7. The summed E-state index contributed by atoms with van der Waals surface area (Å²) in [5.41, 5.74) is 4.15. The van der Waals surface area contributed by atoms with Gasteiger partial charge in [-0.2, -0.15) is 0 Å². The van der Waals surface area contributed by atoms with E-state index in [0.29, 0.717) is 6.54 Å². The first-order valence-corrected chi connectivity index (χ1v) is 14.4. The molecule has 2 aromatic carbocycles. The van der Waals surface area contributed by atoms with Gasteiger partial charge in [0.1, 0.15) is 0 Å². The fourth-order valence-electron chi connectivity index (χ4n) is 5.30. The molecule has 194 valence electrons. The Kier molecular flexibility index (Phi) is 10.0. The van der Waals surface area contributed by atoms with Gasteiger partial charge in [0.25, 0.3) is 5.91 Å². The van der Waals surface area contributed by atoms with Crippen molar-refractivity contribution in [2.45, 2.75) is 96.9 Å². The Balaban J connectivity index is 1.53. The van der Waals surface area contributed by atoms with Gasteiger partial charge < -0.3 is 9.80 Å². The van der Waals surface area contributed by atoms with Gasteiger partial charge in [0.05, 0.1) is 0 Å². The van der Waals surface area contributed by atoms with E-state index in [2.05, 4.69) is 31.2 Å². The summed E-state index contributed by atoms with van der Waals surface area (Å²) in [6.45, 7) is 4.31. The highest BCUT2D eigenvalue weighted by Crippen LogP contribution is 2.34. The Morgan fingerprint density at radius 1 is 0.806 bits per heavy atom. The summed E-state index contributed by atoms with van der Waals surface area (Å²) < 4.78 is 0. The van der Waals surface area contributed by atoms with Crippen molar-refractivity contribution in [3.8, 4) is 0 Å². The molecule has 1 aliphatic heterocycles. The summed E-state index contributed by atoms with van der Waals surface area (Å²) in [6, 6.07) is 16.5. The van der Waals surface area contributed by atoms with E-state index < -0.39 is 0 Å². The summed E-state index contributed by atoms with van der Waals surface area (Å²) in [4.78, 5) is 31.0. The third-order valence-electron chi connectivity index (χ3n) is 7.70. The van der Waals surface area contributed by atoms with E-state index in [4.69, 9.17) is 0 Å². The Morgan fingerprint density at radius 3 is 2.22 bits per heavy atom. The number of hydrogen-bond acceptors (Lipinski definition) is 2. The second kappa shape index (κ2) is 13.6. The molecular formula is C32H44N2O2. The summed E-state index contributed by atoms with van der Waals surface area (Å²) in [5, 5.41) is 0. The van der Waals surface area contributed by atoms with Crippen molar-refractivity contribution in [1.29, 1.82) is 0 Å². The van der Waals surface area contributed by atoms with Crippen LogP contribution in [0.4, 0.5) is 5.69 Å². The van der Waals surface area contributed by atoms with Gasteiger partial charge in [-0.25, -0.2) is 0 Å². The van der Waals surface area contributed by atoms with Gasteiger partial charge in [-0.1, -0.05) is 82.2 Å². The predicted octanol–water partition coefficient (Wildman–Crippen LogP) is 7.55. The topological polar surface area (TPSA) is 40.6 Å². The zero-order valence-corrected chi connectivity index (χ0v) is 22.2. The van der Waals surface area contributed by atoms with Crippen LogP contribution in [0.3, 0.4) is 0 Å². The summed E-state index contributed by atoms with van der Waals surface area (Å²) >= 11 is 0. The van der Waals surface area contributed by atoms with E-state index in [1.54, 1.807) is 0 Å². The Bertz CT molecular complexity index is 980. The molecule has 2 aromatic rings. The average Bonchev–Trinajstić information content (AvgIpc) is 3.75. The van der Waals surface area contributed by atoms with E-state index in [1.165, 1.54) is 44.1 Å². The number of aryl methyl sites for hydroxylation is 1. The fraction of sp³-hybridized carbons (Fsp3) is 0.562.